The van der Waals surface area contributed by atoms with Crippen LogP contribution in [0.2, 0.25) is 20.6 Å². The number of nitrogens with one attached hydrogen (secondary N) is 2. The summed E-state index contributed by atoms with van der Waals surface area (Å²) in [5, 5.41) is 23.6. The molecule has 0 bridgehead atoms. The highest BCUT2D eigenvalue weighted by atomic mass is 35.5. The lowest BCUT2D eigenvalue weighted by Crippen LogP contribution is -2.52. The van der Waals surface area contributed by atoms with E-state index < -0.39 is 62.9 Å². The number of aromatic nitrogens is 8. The Morgan fingerprint density at radius 2 is 1.07 bits per heavy atom. The van der Waals surface area contributed by atoms with E-state index in [1.54, 1.807) is 24.3 Å². The van der Waals surface area contributed by atoms with E-state index >= 15 is 8.78 Å². The monoisotopic (exact) mass is 1340 g/mol. The predicted molar refractivity (Wildman–Crippen MR) is 329 cm³/mol. The molecule has 8 aliphatic rings. The fourth-order valence-corrected chi connectivity index (χ4v) is 17.3. The maximum Gasteiger partial charge on any atom is 0.307 e. The molecular weight excluding hydrogens is 1270 g/mol. The van der Waals surface area contributed by atoms with Gasteiger partial charge < -0.3 is 40.0 Å². The number of nitrogens with zero attached hydrogens (tertiary/aromatic N) is 8. The first-order valence-electron chi connectivity index (χ1n) is 30.3. The summed E-state index contributed by atoms with van der Waals surface area (Å²) in [4.78, 5) is 80.3. The molecule has 2 saturated heterocycles. The molecule has 4 aliphatic carbocycles. The highest BCUT2D eigenvalue weighted by Gasteiger charge is 2.75. The number of ketones is 1. The van der Waals surface area contributed by atoms with Gasteiger partial charge in [0.2, 0.25) is 24.6 Å². The predicted octanol–water partition coefficient (Wildman–Crippen LogP) is 13.3. The van der Waals surface area contributed by atoms with Gasteiger partial charge >= 0.3 is 5.97 Å². The zero-order chi connectivity index (χ0) is 63.0. The molecule has 14 rings (SSSR count). The summed E-state index contributed by atoms with van der Waals surface area (Å²) in [7, 11) is 0. The fraction of sp³-hybridized carbons (Fsp3) is 0.556. The molecule has 20 nitrogen and oxygen atoms in total. The molecule has 90 heavy (non-hydrogen) atoms. The maximum atomic E-state index is 16.1. The molecule has 5 N–H and O–H groups in total. The van der Waals surface area contributed by atoms with Gasteiger partial charge in [-0.1, -0.05) is 96.5 Å². The van der Waals surface area contributed by atoms with Crippen LogP contribution in [0, 0.1) is 51.0 Å². The maximum absolute atomic E-state index is 16.1. The largest absolute Gasteiger partial charge is 0.481 e. The first kappa shape index (κ1) is 65.6. The Morgan fingerprint density at radius 3 is 1.48 bits per heavy atom. The fourth-order valence-electron chi connectivity index (χ4n) is 16.7. The van der Waals surface area contributed by atoms with Crippen LogP contribution in [0.3, 0.4) is 0 Å². The second kappa shape index (κ2) is 25.2. The van der Waals surface area contributed by atoms with Gasteiger partial charge in [0.15, 0.2) is 33.6 Å². The molecule has 6 fully saturated rings. The number of carbonyl (C=O) groups excluding carboxylic acids is 3. The molecule has 10 heterocycles. The van der Waals surface area contributed by atoms with Crippen LogP contribution in [0.15, 0.2) is 70.6 Å². The van der Waals surface area contributed by atoms with E-state index in [-0.39, 0.29) is 110 Å². The molecule has 0 aromatic carbocycles. The number of halogens is 7. The normalized spacial score (nSPS) is 29.7. The van der Waals surface area contributed by atoms with E-state index in [9.17, 15) is 24.3 Å². The Balaban J connectivity index is 0.000000159. The first-order chi connectivity index (χ1) is 42.4. The van der Waals surface area contributed by atoms with E-state index in [1.165, 1.54) is 31.2 Å². The van der Waals surface area contributed by atoms with Crippen LogP contribution >= 0.6 is 58.8 Å². The molecule has 0 radical (unpaired) electrons. The average molecular weight is 1340 g/mol. The topological polar surface area (TPSA) is 286 Å². The minimum absolute atomic E-state index is 0. The van der Waals surface area contributed by atoms with E-state index in [0.29, 0.717) is 73.3 Å². The number of rotatable bonds is 8. The minimum atomic E-state index is -1.31. The number of hydrogen-bond acceptors (Lipinski definition) is 17. The highest BCUT2D eigenvalue weighted by Crippen LogP contribution is 2.74. The second-order valence-corrected chi connectivity index (χ2v) is 28.6. The summed E-state index contributed by atoms with van der Waals surface area (Å²) in [5.41, 5.74) is 3.57. The number of aliphatic carboxylic acids is 1. The van der Waals surface area contributed by atoms with Crippen molar-refractivity contribution in [1.29, 1.82) is 0 Å². The SMILES string of the molecule is CC1(C)CCC2(CC1)C[C@@H](C(=O)C[C@@H]1CC[C@@H](c3ncon3)OC1)[C@H](c1ccnc(Cl)c1F)[C@]21C(=O)Nc2nc(Cl)ccc21.CC1(C)CCC2(CC1)C[C@@H](C(=O)O)[C@H](c1ccnc(Cl)c1F)C21C(=O)Nc2nc(Cl)ccc21.Cl.N[C@@H]1CC[C@@H](c2ncon2)OC1. The number of hydrogen-bond donors (Lipinski definition) is 4. The standard InChI is InChI=1S/C32H34Cl2FN5O4.C24H24Cl2FN3O3.C7H11N3O2.ClH/c1-30(2)8-10-31(11-9-30)14-19(21(41)13-17-3-5-22(43-15-17)28-37-16-44-40-28)24(18-7-12-36-26(34)25(18)35)32(31)20-4-6-23(33)38-27(20)39-29(32)42;1-22(2)6-8-23(9-7-22)11-13(20(31)32)16(12-5-10-28-18(26)17(12)27)24(23)14-3-4-15(25)29-19(14)30-21(24)33;8-5-1-2-6(11-3-5)7-9-4-12-10-7;/h4,6-7,12,16-17,19,22,24H,3,5,8-11,13-15H2,1-2H3,(H,38,39,42);3-5,10,13,16H,6-9,11H2,1-2H3,(H,31,32)(H,29,30,33);4-6H,1-3,8H2;1H/t17-,19-,22-,24-,32+;13-,16+,24?;5-,6+;/m011./s1. The summed E-state index contributed by atoms with van der Waals surface area (Å²) < 4.78 is 52.5. The second-order valence-electron chi connectivity index (χ2n) is 27.1. The number of Topliss-reactive ketones (excluding diaryl/α,β-unsaturated/α-hetero) is 1. The number of carboxylic acid groups (broad SMARTS) is 1. The molecular formula is C63H70Cl5F2N11O9. The molecule has 4 spiro atoms. The lowest BCUT2D eigenvalue weighted by atomic mass is 9.51. The van der Waals surface area contributed by atoms with Crippen molar-refractivity contribution in [3.05, 3.63) is 128 Å². The van der Waals surface area contributed by atoms with Gasteiger partial charge in [-0.25, -0.2) is 28.7 Å². The lowest BCUT2D eigenvalue weighted by Gasteiger charge is -2.50. The first-order valence-corrected chi connectivity index (χ1v) is 31.8. The Bertz CT molecular complexity index is 3670. The van der Waals surface area contributed by atoms with Crippen LogP contribution in [0.25, 0.3) is 0 Å². The molecule has 4 saturated carbocycles. The van der Waals surface area contributed by atoms with Crippen LogP contribution in [-0.4, -0.2) is 88.1 Å². The number of carboxylic acids is 1. The molecule has 10 atom stereocenters. The average Bonchev–Trinajstić information content (AvgIpc) is 1.51. The van der Waals surface area contributed by atoms with Crippen LogP contribution in [-0.2, 0) is 39.5 Å². The third-order valence-electron chi connectivity index (χ3n) is 21.2. The van der Waals surface area contributed by atoms with Gasteiger partial charge in [-0.15, -0.1) is 12.4 Å². The van der Waals surface area contributed by atoms with Gasteiger partial charge in [0.25, 0.3) is 0 Å². The number of nitrogens with two attached hydrogens (primary N) is 1. The Labute approximate surface area is 544 Å². The van der Waals surface area contributed by atoms with E-state index in [2.05, 4.69) is 83.1 Å². The molecule has 4 aliphatic heterocycles. The van der Waals surface area contributed by atoms with Crippen molar-refractivity contribution in [2.45, 2.75) is 165 Å². The van der Waals surface area contributed by atoms with Gasteiger partial charge in [0.05, 0.1) is 30.0 Å². The van der Waals surface area contributed by atoms with Gasteiger partial charge in [-0.2, -0.15) is 9.97 Å². The van der Waals surface area contributed by atoms with Crippen LogP contribution in [0.1, 0.15) is 182 Å². The van der Waals surface area contributed by atoms with Crippen LogP contribution in [0.5, 0.6) is 0 Å². The minimum Gasteiger partial charge on any atom is -0.481 e. The third-order valence-corrected chi connectivity index (χ3v) is 22.1. The number of amides is 2. The van der Waals surface area contributed by atoms with Crippen molar-refractivity contribution in [2.75, 3.05) is 23.8 Å². The summed E-state index contributed by atoms with van der Waals surface area (Å²) in [6, 6.07) is 10.0. The third kappa shape index (κ3) is 11.4. The van der Waals surface area contributed by atoms with Crippen molar-refractivity contribution < 1.29 is 51.6 Å². The van der Waals surface area contributed by atoms with Crippen molar-refractivity contribution >= 4 is 94.0 Å². The lowest BCUT2D eigenvalue weighted by molar-refractivity contribution is -0.142. The molecule has 6 aromatic rings. The number of anilines is 2. The van der Waals surface area contributed by atoms with Crippen molar-refractivity contribution in [3.63, 3.8) is 0 Å². The summed E-state index contributed by atoms with van der Waals surface area (Å²) in [6.07, 6.45) is 15.5. The molecule has 2 amide bonds. The van der Waals surface area contributed by atoms with E-state index in [4.69, 9.17) is 66.1 Å². The quantitative estimate of drug-likeness (QED) is 0.103. The number of carbonyl (C=O) groups is 4. The summed E-state index contributed by atoms with van der Waals surface area (Å²) in [5.74, 6) is -4.77. The molecule has 6 aromatic heterocycles. The van der Waals surface area contributed by atoms with Gasteiger partial charge in [-0.05, 0) is 153 Å². The van der Waals surface area contributed by atoms with Crippen molar-refractivity contribution in [3.8, 4) is 0 Å². The molecule has 1 unspecified atom stereocenters. The van der Waals surface area contributed by atoms with Crippen LogP contribution in [0.4, 0.5) is 20.4 Å². The Kier molecular flexibility index (Phi) is 18.4. The van der Waals surface area contributed by atoms with Gasteiger partial charge in [0, 0.05) is 53.7 Å². The van der Waals surface area contributed by atoms with E-state index in [0.717, 1.165) is 57.8 Å². The number of fused-ring (bicyclic) bond motifs is 6. The molecule has 27 heteroatoms. The zero-order valence-electron chi connectivity index (χ0n) is 50.0. The van der Waals surface area contributed by atoms with Gasteiger partial charge in [0.1, 0.15) is 39.9 Å². The Morgan fingerprint density at radius 1 is 0.622 bits per heavy atom. The van der Waals surface area contributed by atoms with Crippen molar-refractivity contribution in [1.82, 2.24) is 40.2 Å². The van der Waals surface area contributed by atoms with Crippen LogP contribution < -0.4 is 16.4 Å². The van der Waals surface area contributed by atoms with E-state index in [1.807, 2.05) is 6.07 Å². The number of ether oxygens (including phenoxy) is 2. The Hall–Kier alpha value is -5.85. The summed E-state index contributed by atoms with van der Waals surface area (Å²) >= 11 is 24.7. The highest BCUT2D eigenvalue weighted by molar-refractivity contribution is 6.30. The van der Waals surface area contributed by atoms with Gasteiger partial charge in [-0.3, -0.25) is 19.2 Å². The molecule has 480 valence electrons. The van der Waals surface area contributed by atoms with Crippen molar-refractivity contribution in [2.24, 2.45) is 45.1 Å². The zero-order valence-corrected chi connectivity index (χ0v) is 53.8. The summed E-state index contributed by atoms with van der Waals surface area (Å²) in [6.45, 7) is 9.78. The smallest absolute Gasteiger partial charge is 0.307 e. The number of pyridine rings is 4.